The molecule has 6 atom stereocenters. The van der Waals surface area contributed by atoms with Crippen molar-refractivity contribution in [1.29, 1.82) is 0 Å². The summed E-state index contributed by atoms with van der Waals surface area (Å²) in [5, 5.41) is 13.8. The van der Waals surface area contributed by atoms with Gasteiger partial charge in [-0.05, 0) is 55.2 Å². The summed E-state index contributed by atoms with van der Waals surface area (Å²) in [7, 11) is 0. The van der Waals surface area contributed by atoms with Crippen molar-refractivity contribution in [1.82, 2.24) is 0 Å². The van der Waals surface area contributed by atoms with Gasteiger partial charge in [-0.1, -0.05) is 37.0 Å². The van der Waals surface area contributed by atoms with Crippen molar-refractivity contribution in [3.63, 3.8) is 0 Å². The van der Waals surface area contributed by atoms with Crippen molar-refractivity contribution in [2.24, 2.45) is 22.7 Å². The highest BCUT2D eigenvalue weighted by atomic mass is 35.5. The standard InChI is InChI=1S/C22H27Cl2NO5/c1-21-8-7-18(30-20(28)25-12-3-4-14(23)15(24)9-12)22(2,11-26)17(21)6-5-16-13(21)10-19(27)29-16/h3-4,9,13,16-18,26H,5-8,10-11H2,1-2H3,(H,25,28)/t13-,16+,17-,18-,21+,22+/m1/s1. The summed E-state index contributed by atoms with van der Waals surface area (Å²) in [4.78, 5) is 24.5. The van der Waals surface area contributed by atoms with Crippen LogP contribution in [0.4, 0.5) is 10.5 Å². The fourth-order valence-corrected chi connectivity index (χ4v) is 6.44. The number of carbonyl (C=O) groups excluding carboxylic acids is 2. The number of ether oxygens (including phenoxy) is 2. The lowest BCUT2D eigenvalue weighted by Crippen LogP contribution is -2.59. The molecular weight excluding hydrogens is 429 g/mol. The van der Waals surface area contributed by atoms with Gasteiger partial charge in [0.25, 0.3) is 0 Å². The second-order valence-electron chi connectivity index (χ2n) is 9.33. The van der Waals surface area contributed by atoms with E-state index in [1.165, 1.54) is 0 Å². The largest absolute Gasteiger partial charge is 0.462 e. The molecule has 6 nitrogen and oxygen atoms in total. The van der Waals surface area contributed by atoms with Crippen LogP contribution in [0.3, 0.4) is 0 Å². The van der Waals surface area contributed by atoms with E-state index in [-0.39, 0.29) is 35.9 Å². The molecule has 8 heteroatoms. The van der Waals surface area contributed by atoms with E-state index in [1.54, 1.807) is 18.2 Å². The Morgan fingerprint density at radius 2 is 2.03 bits per heavy atom. The molecule has 1 amide bonds. The fourth-order valence-electron chi connectivity index (χ4n) is 6.14. The third-order valence-corrected chi connectivity index (χ3v) is 8.47. The van der Waals surface area contributed by atoms with E-state index in [2.05, 4.69) is 12.2 Å². The van der Waals surface area contributed by atoms with E-state index in [4.69, 9.17) is 32.7 Å². The minimum Gasteiger partial charge on any atom is -0.462 e. The molecule has 2 saturated carbocycles. The van der Waals surface area contributed by atoms with Gasteiger partial charge in [-0.25, -0.2) is 4.79 Å². The Morgan fingerprint density at radius 1 is 1.27 bits per heavy atom. The number of fused-ring (bicyclic) bond motifs is 3. The summed E-state index contributed by atoms with van der Waals surface area (Å²) < 4.78 is 11.4. The van der Waals surface area contributed by atoms with Crippen LogP contribution in [0.1, 0.15) is 46.0 Å². The zero-order chi connectivity index (χ0) is 21.7. The molecule has 0 aromatic heterocycles. The van der Waals surface area contributed by atoms with Gasteiger partial charge in [0.2, 0.25) is 0 Å². The topological polar surface area (TPSA) is 84.9 Å². The van der Waals surface area contributed by atoms with Crippen molar-refractivity contribution in [2.45, 2.75) is 58.2 Å². The van der Waals surface area contributed by atoms with Gasteiger partial charge in [-0.2, -0.15) is 0 Å². The lowest BCUT2D eigenvalue weighted by Gasteiger charge is -2.59. The number of carbonyl (C=O) groups is 2. The number of amides is 1. The molecule has 0 radical (unpaired) electrons. The van der Waals surface area contributed by atoms with Crippen LogP contribution in [0.5, 0.6) is 0 Å². The van der Waals surface area contributed by atoms with Crippen molar-refractivity contribution in [3.05, 3.63) is 28.2 Å². The first-order valence-corrected chi connectivity index (χ1v) is 11.2. The lowest BCUT2D eigenvalue weighted by atomic mass is 9.46. The first-order chi connectivity index (χ1) is 14.2. The fraction of sp³-hybridized carbons (Fsp3) is 0.636. The van der Waals surface area contributed by atoms with Crippen molar-refractivity contribution in [3.8, 4) is 0 Å². The van der Waals surface area contributed by atoms with Crippen molar-refractivity contribution in [2.75, 3.05) is 11.9 Å². The molecule has 0 bridgehead atoms. The molecule has 0 spiro atoms. The number of aliphatic hydroxyl groups is 1. The third kappa shape index (κ3) is 3.57. The Kier molecular flexibility index (Phi) is 5.71. The number of halogens is 2. The minimum absolute atomic E-state index is 0.0305. The second kappa shape index (κ2) is 7.88. The van der Waals surface area contributed by atoms with Gasteiger partial charge >= 0.3 is 12.1 Å². The van der Waals surface area contributed by atoms with E-state index in [9.17, 15) is 14.7 Å². The van der Waals surface area contributed by atoms with Crippen molar-refractivity contribution >= 4 is 41.0 Å². The normalized spacial score (nSPS) is 37.7. The average Bonchev–Trinajstić information content (AvgIpc) is 3.09. The Morgan fingerprint density at radius 3 is 2.73 bits per heavy atom. The number of esters is 1. The summed E-state index contributed by atoms with van der Waals surface area (Å²) in [6, 6.07) is 4.82. The molecule has 164 valence electrons. The summed E-state index contributed by atoms with van der Waals surface area (Å²) >= 11 is 11.9. The zero-order valence-corrected chi connectivity index (χ0v) is 18.6. The highest BCUT2D eigenvalue weighted by Crippen LogP contribution is 2.62. The lowest BCUT2D eigenvalue weighted by molar-refractivity contribution is -0.174. The number of hydrogen-bond donors (Lipinski definition) is 2. The number of hydrogen-bond acceptors (Lipinski definition) is 5. The Balaban J connectivity index is 1.50. The van der Waals surface area contributed by atoms with Crippen LogP contribution in [0.25, 0.3) is 0 Å². The zero-order valence-electron chi connectivity index (χ0n) is 17.1. The maximum absolute atomic E-state index is 12.6. The van der Waals surface area contributed by atoms with E-state index >= 15 is 0 Å². The molecule has 1 aromatic carbocycles. The second-order valence-corrected chi connectivity index (χ2v) is 10.1. The molecule has 1 aromatic rings. The van der Waals surface area contributed by atoms with Gasteiger partial charge in [0.15, 0.2) is 0 Å². The molecule has 2 aliphatic carbocycles. The number of nitrogens with one attached hydrogen (secondary N) is 1. The molecule has 3 fully saturated rings. The number of benzene rings is 1. The van der Waals surface area contributed by atoms with E-state index < -0.39 is 17.6 Å². The van der Waals surface area contributed by atoms with E-state index in [1.807, 2.05) is 6.92 Å². The maximum atomic E-state index is 12.6. The first-order valence-electron chi connectivity index (χ1n) is 10.4. The molecule has 1 saturated heterocycles. The molecular formula is C22H27Cl2NO5. The Labute approximate surface area is 186 Å². The number of anilines is 1. The summed E-state index contributed by atoms with van der Waals surface area (Å²) in [6.45, 7) is 4.10. The molecule has 30 heavy (non-hydrogen) atoms. The van der Waals surface area contributed by atoms with Crippen LogP contribution in [0, 0.1) is 22.7 Å². The van der Waals surface area contributed by atoms with Crippen LogP contribution in [0.15, 0.2) is 18.2 Å². The smallest absolute Gasteiger partial charge is 0.411 e. The van der Waals surface area contributed by atoms with E-state index in [0.29, 0.717) is 28.6 Å². The van der Waals surface area contributed by atoms with Crippen LogP contribution >= 0.6 is 23.2 Å². The van der Waals surface area contributed by atoms with Gasteiger partial charge in [0, 0.05) is 17.0 Å². The predicted molar refractivity (Wildman–Crippen MR) is 114 cm³/mol. The van der Waals surface area contributed by atoms with Crippen molar-refractivity contribution < 1.29 is 24.2 Å². The molecule has 3 aliphatic rings. The number of rotatable bonds is 3. The molecule has 2 N–H and O–H groups in total. The molecule has 0 unspecified atom stereocenters. The maximum Gasteiger partial charge on any atom is 0.411 e. The predicted octanol–water partition coefficient (Wildman–Crippen LogP) is 5.05. The van der Waals surface area contributed by atoms with Crippen LogP contribution in [-0.2, 0) is 14.3 Å². The third-order valence-electron chi connectivity index (χ3n) is 7.73. The quantitative estimate of drug-likeness (QED) is 0.622. The SMILES string of the molecule is C[C@]1(CO)[C@@H]2CC[C@@H]3OC(=O)C[C@H]3[C@]2(C)CC[C@H]1OC(=O)Nc1ccc(Cl)c(Cl)c1. The molecule has 1 aliphatic heterocycles. The molecule has 4 rings (SSSR count). The monoisotopic (exact) mass is 455 g/mol. The Bertz CT molecular complexity index is 864. The van der Waals surface area contributed by atoms with Crippen LogP contribution in [-0.4, -0.2) is 36.0 Å². The summed E-state index contributed by atoms with van der Waals surface area (Å²) in [5.41, 5.74) is -0.242. The van der Waals surface area contributed by atoms with Gasteiger partial charge in [0.1, 0.15) is 12.2 Å². The van der Waals surface area contributed by atoms with Gasteiger partial charge < -0.3 is 14.6 Å². The first kappa shape index (κ1) is 21.7. The van der Waals surface area contributed by atoms with Gasteiger partial charge in [0.05, 0.1) is 23.1 Å². The number of aliphatic hydroxyl groups excluding tert-OH is 1. The Hall–Kier alpha value is -1.50. The van der Waals surface area contributed by atoms with Crippen LogP contribution < -0.4 is 5.32 Å². The minimum atomic E-state index is -0.599. The van der Waals surface area contributed by atoms with E-state index in [0.717, 1.165) is 19.3 Å². The summed E-state index contributed by atoms with van der Waals surface area (Å²) in [6.07, 6.45) is 2.43. The van der Waals surface area contributed by atoms with Gasteiger partial charge in [-0.15, -0.1) is 0 Å². The van der Waals surface area contributed by atoms with Gasteiger partial charge in [-0.3, -0.25) is 10.1 Å². The molecule has 1 heterocycles. The van der Waals surface area contributed by atoms with Crippen LogP contribution in [0.2, 0.25) is 10.0 Å². The summed E-state index contributed by atoms with van der Waals surface area (Å²) in [5.74, 6) is 0.153. The average molecular weight is 456 g/mol. The highest BCUT2D eigenvalue weighted by molar-refractivity contribution is 6.42. The highest BCUT2D eigenvalue weighted by Gasteiger charge is 2.62.